The van der Waals surface area contributed by atoms with Crippen molar-refractivity contribution >= 4 is 11.7 Å². The first-order valence-electron chi connectivity index (χ1n) is 7.24. The lowest BCUT2D eigenvalue weighted by Crippen LogP contribution is -2.21. The number of aryl methyl sites for hydroxylation is 1. The maximum absolute atomic E-state index is 11.0. The molecule has 0 bridgehead atoms. The van der Waals surface area contributed by atoms with Gasteiger partial charge in [0.25, 0.3) is 0 Å². The molecule has 1 unspecified atom stereocenters. The van der Waals surface area contributed by atoms with Crippen molar-refractivity contribution in [2.75, 3.05) is 5.32 Å². The molecule has 3 nitrogen and oxygen atoms in total. The first-order chi connectivity index (χ1) is 10.1. The number of carboxylic acids is 1. The topological polar surface area (TPSA) is 49.3 Å². The Kier molecular flexibility index (Phi) is 4.99. The van der Waals surface area contributed by atoms with Gasteiger partial charge in [-0.25, -0.2) is 4.79 Å². The van der Waals surface area contributed by atoms with Crippen LogP contribution in [0.1, 0.15) is 34.8 Å². The molecular formula is C18H21NO2. The standard InChI is InChI=1S/C18H21NO2/c1-3-16(12-14-7-5-4-6-8-14)19-17-10-9-15(18(20)21)11-13(17)2/h4-11,16,19H,3,12H2,1-2H3,(H,20,21). The molecule has 0 aliphatic heterocycles. The van der Waals surface area contributed by atoms with Gasteiger partial charge in [0.15, 0.2) is 0 Å². The predicted molar refractivity (Wildman–Crippen MR) is 86.0 cm³/mol. The summed E-state index contributed by atoms with van der Waals surface area (Å²) in [6.07, 6.45) is 1.96. The van der Waals surface area contributed by atoms with Gasteiger partial charge in [0.2, 0.25) is 0 Å². The van der Waals surface area contributed by atoms with Crippen LogP contribution in [-0.2, 0) is 6.42 Å². The molecule has 2 aromatic carbocycles. The summed E-state index contributed by atoms with van der Waals surface area (Å²) in [4.78, 5) is 11.0. The monoisotopic (exact) mass is 283 g/mol. The van der Waals surface area contributed by atoms with Crippen molar-refractivity contribution in [1.29, 1.82) is 0 Å². The van der Waals surface area contributed by atoms with Crippen molar-refractivity contribution < 1.29 is 9.90 Å². The smallest absolute Gasteiger partial charge is 0.335 e. The fourth-order valence-corrected chi connectivity index (χ4v) is 2.37. The third-order valence-electron chi connectivity index (χ3n) is 3.65. The number of aromatic carboxylic acids is 1. The Labute approximate surface area is 125 Å². The molecule has 1 atom stereocenters. The number of rotatable bonds is 6. The molecule has 0 aromatic heterocycles. The summed E-state index contributed by atoms with van der Waals surface area (Å²) in [6, 6.07) is 15.9. The summed E-state index contributed by atoms with van der Waals surface area (Å²) in [5, 5.41) is 12.5. The number of nitrogens with one attached hydrogen (secondary N) is 1. The second kappa shape index (κ2) is 6.93. The van der Waals surface area contributed by atoms with Crippen LogP contribution in [0.3, 0.4) is 0 Å². The summed E-state index contributed by atoms with van der Waals surface area (Å²) in [5.41, 5.74) is 3.59. The first-order valence-corrected chi connectivity index (χ1v) is 7.24. The van der Waals surface area contributed by atoms with Crippen molar-refractivity contribution in [3.8, 4) is 0 Å². The molecule has 0 heterocycles. The minimum atomic E-state index is -0.888. The van der Waals surface area contributed by atoms with Crippen molar-refractivity contribution in [3.63, 3.8) is 0 Å². The number of hydrogen-bond acceptors (Lipinski definition) is 2. The molecule has 0 amide bonds. The Morgan fingerprint density at radius 2 is 1.90 bits per heavy atom. The molecule has 110 valence electrons. The third-order valence-corrected chi connectivity index (χ3v) is 3.65. The van der Waals surface area contributed by atoms with Gasteiger partial charge in [0.05, 0.1) is 5.56 Å². The zero-order valence-corrected chi connectivity index (χ0v) is 12.5. The fourth-order valence-electron chi connectivity index (χ4n) is 2.37. The van der Waals surface area contributed by atoms with E-state index in [1.165, 1.54) is 5.56 Å². The molecule has 2 N–H and O–H groups in total. The Morgan fingerprint density at radius 3 is 2.48 bits per heavy atom. The highest BCUT2D eigenvalue weighted by Gasteiger charge is 2.10. The SMILES string of the molecule is CCC(Cc1ccccc1)Nc1ccc(C(=O)O)cc1C. The van der Waals surface area contributed by atoms with Crippen LogP contribution in [0.4, 0.5) is 5.69 Å². The van der Waals surface area contributed by atoms with Gasteiger partial charge in [-0.3, -0.25) is 0 Å². The maximum Gasteiger partial charge on any atom is 0.335 e. The van der Waals surface area contributed by atoms with E-state index in [1.54, 1.807) is 12.1 Å². The number of carbonyl (C=O) groups is 1. The summed E-state index contributed by atoms with van der Waals surface area (Å²) in [7, 11) is 0. The first kappa shape index (κ1) is 15.1. The minimum absolute atomic E-state index is 0.328. The molecule has 0 spiro atoms. The fraction of sp³-hybridized carbons (Fsp3) is 0.278. The van der Waals surface area contributed by atoms with Gasteiger partial charge in [-0.05, 0) is 49.1 Å². The lowest BCUT2D eigenvalue weighted by molar-refractivity contribution is 0.0697. The molecule has 3 heteroatoms. The zero-order chi connectivity index (χ0) is 15.2. The molecule has 0 saturated heterocycles. The van der Waals surface area contributed by atoms with E-state index in [0.717, 1.165) is 24.1 Å². The van der Waals surface area contributed by atoms with E-state index in [0.29, 0.717) is 11.6 Å². The van der Waals surface area contributed by atoms with Crippen molar-refractivity contribution in [2.24, 2.45) is 0 Å². The van der Waals surface area contributed by atoms with Gasteiger partial charge < -0.3 is 10.4 Å². The van der Waals surface area contributed by atoms with Gasteiger partial charge in [0.1, 0.15) is 0 Å². The molecule has 0 radical (unpaired) electrons. The van der Waals surface area contributed by atoms with Gasteiger partial charge in [-0.1, -0.05) is 37.3 Å². The lowest BCUT2D eigenvalue weighted by Gasteiger charge is -2.20. The second-order valence-electron chi connectivity index (χ2n) is 5.27. The number of benzene rings is 2. The maximum atomic E-state index is 11.0. The molecule has 21 heavy (non-hydrogen) atoms. The summed E-state index contributed by atoms with van der Waals surface area (Å²) < 4.78 is 0. The van der Waals surface area contributed by atoms with Crippen LogP contribution in [0.25, 0.3) is 0 Å². The van der Waals surface area contributed by atoms with Crippen molar-refractivity contribution in [1.82, 2.24) is 0 Å². The van der Waals surface area contributed by atoms with E-state index in [-0.39, 0.29) is 0 Å². The van der Waals surface area contributed by atoms with Gasteiger partial charge in [0, 0.05) is 11.7 Å². The molecule has 0 aliphatic rings. The summed E-state index contributed by atoms with van der Waals surface area (Å²) in [6.45, 7) is 4.09. The molecule has 2 aromatic rings. The van der Waals surface area contributed by atoms with Crippen LogP contribution in [0.2, 0.25) is 0 Å². The highest BCUT2D eigenvalue weighted by molar-refractivity contribution is 5.88. The van der Waals surface area contributed by atoms with E-state index in [2.05, 4.69) is 36.5 Å². The van der Waals surface area contributed by atoms with E-state index in [9.17, 15) is 4.79 Å². The molecular weight excluding hydrogens is 262 g/mol. The minimum Gasteiger partial charge on any atom is -0.478 e. The quantitative estimate of drug-likeness (QED) is 0.838. The molecule has 2 rings (SSSR count). The number of carboxylic acid groups (broad SMARTS) is 1. The van der Waals surface area contributed by atoms with Gasteiger partial charge in [-0.15, -0.1) is 0 Å². The molecule has 0 aliphatic carbocycles. The van der Waals surface area contributed by atoms with Crippen molar-refractivity contribution in [3.05, 3.63) is 65.2 Å². The van der Waals surface area contributed by atoms with Crippen LogP contribution >= 0.6 is 0 Å². The van der Waals surface area contributed by atoms with E-state index in [4.69, 9.17) is 5.11 Å². The Morgan fingerprint density at radius 1 is 1.19 bits per heavy atom. The zero-order valence-electron chi connectivity index (χ0n) is 12.5. The van der Waals surface area contributed by atoms with E-state index >= 15 is 0 Å². The van der Waals surface area contributed by atoms with Crippen LogP contribution < -0.4 is 5.32 Å². The lowest BCUT2D eigenvalue weighted by atomic mass is 10.0. The highest BCUT2D eigenvalue weighted by atomic mass is 16.4. The highest BCUT2D eigenvalue weighted by Crippen LogP contribution is 2.19. The average molecular weight is 283 g/mol. The molecule has 0 fully saturated rings. The Bertz CT molecular complexity index is 608. The van der Waals surface area contributed by atoms with Crippen LogP contribution in [-0.4, -0.2) is 17.1 Å². The number of anilines is 1. The van der Waals surface area contributed by atoms with E-state index < -0.39 is 5.97 Å². The van der Waals surface area contributed by atoms with Crippen LogP contribution in [0.5, 0.6) is 0 Å². The Balaban J connectivity index is 2.10. The van der Waals surface area contributed by atoms with Crippen LogP contribution in [0.15, 0.2) is 48.5 Å². The third kappa shape index (κ3) is 4.09. The predicted octanol–water partition coefficient (Wildman–Crippen LogP) is 4.13. The Hall–Kier alpha value is -2.29. The second-order valence-corrected chi connectivity index (χ2v) is 5.27. The summed E-state index contributed by atoms with van der Waals surface area (Å²) in [5.74, 6) is -0.888. The van der Waals surface area contributed by atoms with Crippen molar-refractivity contribution in [2.45, 2.75) is 32.7 Å². The summed E-state index contributed by atoms with van der Waals surface area (Å²) >= 11 is 0. The van der Waals surface area contributed by atoms with Gasteiger partial charge >= 0.3 is 5.97 Å². The van der Waals surface area contributed by atoms with Crippen LogP contribution in [0, 0.1) is 6.92 Å². The average Bonchev–Trinajstić information content (AvgIpc) is 2.49. The molecule has 0 saturated carbocycles. The number of hydrogen-bond donors (Lipinski definition) is 2. The largest absolute Gasteiger partial charge is 0.478 e. The van der Waals surface area contributed by atoms with Gasteiger partial charge in [-0.2, -0.15) is 0 Å². The van der Waals surface area contributed by atoms with E-state index in [1.807, 2.05) is 19.1 Å². The normalized spacial score (nSPS) is 11.9.